The highest BCUT2D eigenvalue weighted by Crippen LogP contribution is 2.37. The summed E-state index contributed by atoms with van der Waals surface area (Å²) in [6.07, 6.45) is 1.14. The van der Waals surface area contributed by atoms with Gasteiger partial charge in [0.2, 0.25) is 10.0 Å². The van der Waals surface area contributed by atoms with Crippen LogP contribution in [-0.2, 0) is 10.0 Å². The van der Waals surface area contributed by atoms with E-state index in [1.165, 1.54) is 0 Å². The van der Waals surface area contributed by atoms with Crippen molar-refractivity contribution in [1.29, 1.82) is 0 Å². The van der Waals surface area contributed by atoms with Crippen molar-refractivity contribution in [3.05, 3.63) is 48.0 Å². The average Bonchev–Trinajstić information content (AvgIpc) is 2.44. The number of anilines is 1. The van der Waals surface area contributed by atoms with Crippen LogP contribution in [0.1, 0.15) is 25.3 Å². The van der Waals surface area contributed by atoms with Crippen LogP contribution in [0.4, 0.5) is 5.69 Å². The van der Waals surface area contributed by atoms with Crippen LogP contribution in [0.3, 0.4) is 0 Å². The minimum absolute atomic E-state index is 0.330. The molecule has 1 N–H and O–H groups in total. The van der Waals surface area contributed by atoms with E-state index in [-0.39, 0.29) is 0 Å². The molecule has 0 aromatic heterocycles. The van der Waals surface area contributed by atoms with Crippen LogP contribution in [0.25, 0.3) is 11.1 Å². The molecule has 0 aliphatic carbocycles. The second-order valence-corrected chi connectivity index (χ2v) is 7.28. The van der Waals surface area contributed by atoms with Gasteiger partial charge < -0.3 is 4.74 Å². The van der Waals surface area contributed by atoms with Gasteiger partial charge in [-0.15, -0.1) is 0 Å². The van der Waals surface area contributed by atoms with Crippen LogP contribution in [-0.4, -0.2) is 21.8 Å². The maximum Gasteiger partial charge on any atom is 0.229 e. The fraction of sp³-hybridized carbons (Fsp3) is 0.294. The third-order valence-electron chi connectivity index (χ3n) is 3.35. The van der Waals surface area contributed by atoms with Crippen LogP contribution >= 0.6 is 0 Å². The van der Waals surface area contributed by atoms with E-state index in [0.29, 0.717) is 11.6 Å². The minimum atomic E-state index is -3.30. The van der Waals surface area contributed by atoms with Crippen molar-refractivity contribution in [2.45, 2.75) is 19.8 Å². The third kappa shape index (κ3) is 3.80. The number of hydrogen-bond acceptors (Lipinski definition) is 3. The molecule has 0 atom stereocenters. The second kappa shape index (κ2) is 6.40. The molecule has 0 amide bonds. The van der Waals surface area contributed by atoms with Crippen molar-refractivity contribution in [2.24, 2.45) is 0 Å². The zero-order chi connectivity index (χ0) is 16.3. The molecule has 0 spiro atoms. The van der Waals surface area contributed by atoms with Gasteiger partial charge in [-0.25, -0.2) is 8.42 Å². The van der Waals surface area contributed by atoms with E-state index < -0.39 is 10.0 Å². The number of benzene rings is 2. The Hall–Kier alpha value is -2.01. The molecular weight excluding hydrogens is 298 g/mol. The molecule has 5 heteroatoms. The van der Waals surface area contributed by atoms with Gasteiger partial charge in [-0.1, -0.05) is 38.1 Å². The van der Waals surface area contributed by atoms with Crippen molar-refractivity contribution in [3.63, 3.8) is 0 Å². The summed E-state index contributed by atoms with van der Waals surface area (Å²) in [5.74, 6) is 1.11. The molecule has 118 valence electrons. The van der Waals surface area contributed by atoms with Gasteiger partial charge in [-0.3, -0.25) is 4.72 Å². The van der Waals surface area contributed by atoms with E-state index >= 15 is 0 Å². The number of ether oxygens (including phenoxy) is 1. The SMILES string of the molecule is COc1cccc(C(C)C)c1-c1cccc(NS(C)(=O)=O)c1. The van der Waals surface area contributed by atoms with Gasteiger partial charge in [0.1, 0.15) is 5.75 Å². The van der Waals surface area contributed by atoms with Crippen molar-refractivity contribution >= 4 is 15.7 Å². The van der Waals surface area contributed by atoms with Gasteiger partial charge in [0, 0.05) is 11.3 Å². The predicted molar refractivity (Wildman–Crippen MR) is 91.0 cm³/mol. The largest absolute Gasteiger partial charge is 0.496 e. The quantitative estimate of drug-likeness (QED) is 0.910. The number of nitrogens with one attached hydrogen (secondary N) is 1. The molecule has 0 heterocycles. The summed E-state index contributed by atoms with van der Waals surface area (Å²) >= 11 is 0. The summed E-state index contributed by atoms with van der Waals surface area (Å²) in [7, 11) is -1.66. The Kier molecular flexibility index (Phi) is 4.76. The Balaban J connectivity index is 2.59. The summed E-state index contributed by atoms with van der Waals surface area (Å²) in [5.41, 5.74) is 3.63. The lowest BCUT2D eigenvalue weighted by Crippen LogP contribution is -2.09. The molecule has 0 saturated heterocycles. The van der Waals surface area contributed by atoms with Crippen LogP contribution in [0, 0.1) is 0 Å². The van der Waals surface area contributed by atoms with Gasteiger partial charge >= 0.3 is 0 Å². The number of methoxy groups -OCH3 is 1. The zero-order valence-corrected chi connectivity index (χ0v) is 14.1. The monoisotopic (exact) mass is 319 g/mol. The molecule has 4 nitrogen and oxygen atoms in total. The number of rotatable bonds is 5. The van der Waals surface area contributed by atoms with E-state index in [2.05, 4.69) is 24.6 Å². The first-order chi connectivity index (χ1) is 10.3. The van der Waals surface area contributed by atoms with Crippen molar-refractivity contribution < 1.29 is 13.2 Å². The molecule has 0 aliphatic heterocycles. The Morgan fingerprint density at radius 3 is 2.36 bits per heavy atom. The van der Waals surface area contributed by atoms with Gasteiger partial charge in [0.15, 0.2) is 0 Å². The molecule has 0 fully saturated rings. The van der Waals surface area contributed by atoms with Crippen LogP contribution in [0.15, 0.2) is 42.5 Å². The Bertz CT molecular complexity index is 767. The molecule has 2 aromatic rings. The van der Waals surface area contributed by atoms with Crippen molar-refractivity contribution in [3.8, 4) is 16.9 Å². The Morgan fingerprint density at radius 1 is 1.09 bits per heavy atom. The molecule has 0 saturated carbocycles. The Morgan fingerprint density at radius 2 is 1.77 bits per heavy atom. The lowest BCUT2D eigenvalue weighted by atomic mass is 9.91. The van der Waals surface area contributed by atoms with E-state index in [0.717, 1.165) is 28.7 Å². The maximum absolute atomic E-state index is 11.4. The maximum atomic E-state index is 11.4. The zero-order valence-electron chi connectivity index (χ0n) is 13.3. The first-order valence-electron chi connectivity index (χ1n) is 7.07. The summed E-state index contributed by atoms with van der Waals surface area (Å²) in [4.78, 5) is 0. The van der Waals surface area contributed by atoms with E-state index in [1.54, 1.807) is 13.2 Å². The topological polar surface area (TPSA) is 55.4 Å². The van der Waals surface area contributed by atoms with Gasteiger partial charge in [0.25, 0.3) is 0 Å². The number of sulfonamides is 1. The highest BCUT2D eigenvalue weighted by atomic mass is 32.2. The highest BCUT2D eigenvalue weighted by molar-refractivity contribution is 7.92. The molecule has 22 heavy (non-hydrogen) atoms. The van der Waals surface area contributed by atoms with Gasteiger partial charge in [-0.2, -0.15) is 0 Å². The van der Waals surface area contributed by atoms with Crippen LogP contribution in [0.5, 0.6) is 5.75 Å². The summed E-state index contributed by atoms with van der Waals surface area (Å²) in [6.45, 7) is 4.24. The average molecular weight is 319 g/mol. The smallest absolute Gasteiger partial charge is 0.229 e. The third-order valence-corrected chi connectivity index (χ3v) is 3.96. The summed E-state index contributed by atoms with van der Waals surface area (Å²) in [5, 5.41) is 0. The van der Waals surface area contributed by atoms with Crippen LogP contribution < -0.4 is 9.46 Å². The minimum Gasteiger partial charge on any atom is -0.496 e. The lowest BCUT2D eigenvalue weighted by Gasteiger charge is -2.17. The summed E-state index contributed by atoms with van der Waals surface area (Å²) < 4.78 is 30.8. The van der Waals surface area contributed by atoms with E-state index in [9.17, 15) is 8.42 Å². The first kappa shape index (κ1) is 16.4. The number of hydrogen-bond donors (Lipinski definition) is 1. The van der Waals surface area contributed by atoms with Crippen molar-refractivity contribution in [1.82, 2.24) is 0 Å². The van der Waals surface area contributed by atoms with Crippen molar-refractivity contribution in [2.75, 3.05) is 18.1 Å². The molecule has 2 rings (SSSR count). The lowest BCUT2D eigenvalue weighted by molar-refractivity contribution is 0.416. The molecule has 0 aliphatic rings. The normalized spacial score (nSPS) is 11.5. The molecule has 0 bridgehead atoms. The standard InChI is InChI=1S/C17H21NO3S/c1-12(2)15-9-6-10-16(21-3)17(15)13-7-5-8-14(11-13)18-22(4,19)20/h5-12,18H,1-4H3. The first-order valence-corrected chi connectivity index (χ1v) is 8.96. The summed E-state index contributed by atoms with van der Waals surface area (Å²) in [6, 6.07) is 13.3. The fourth-order valence-electron chi connectivity index (χ4n) is 2.46. The van der Waals surface area contributed by atoms with E-state index in [1.807, 2.05) is 30.3 Å². The predicted octanol–water partition coefficient (Wildman–Crippen LogP) is 3.86. The molecule has 0 unspecified atom stereocenters. The van der Waals surface area contributed by atoms with E-state index in [4.69, 9.17) is 4.74 Å². The second-order valence-electron chi connectivity index (χ2n) is 5.53. The molecule has 0 radical (unpaired) electrons. The fourth-order valence-corrected chi connectivity index (χ4v) is 3.02. The van der Waals surface area contributed by atoms with Gasteiger partial charge in [-0.05, 0) is 35.2 Å². The van der Waals surface area contributed by atoms with Gasteiger partial charge in [0.05, 0.1) is 13.4 Å². The molecular formula is C17H21NO3S. The Labute approximate surface area is 132 Å². The molecule has 2 aromatic carbocycles. The highest BCUT2D eigenvalue weighted by Gasteiger charge is 2.14. The van der Waals surface area contributed by atoms with Crippen LogP contribution in [0.2, 0.25) is 0 Å².